The second-order valence-electron chi connectivity index (χ2n) is 9.23. The van der Waals surface area contributed by atoms with E-state index in [9.17, 15) is 35.1 Å². The van der Waals surface area contributed by atoms with Gasteiger partial charge in [-0.15, -0.1) is 0 Å². The highest BCUT2D eigenvalue weighted by atomic mass is 19.3. The summed E-state index contributed by atoms with van der Waals surface area (Å²) in [4.78, 5) is 0. The third-order valence-corrected chi connectivity index (χ3v) is 6.30. The van der Waals surface area contributed by atoms with E-state index in [1.54, 1.807) is 0 Å². The Balaban J connectivity index is 1.51. The van der Waals surface area contributed by atoms with Crippen LogP contribution in [0.5, 0.6) is 5.75 Å². The number of ether oxygens (including phenoxy) is 3. The van der Waals surface area contributed by atoms with Crippen molar-refractivity contribution in [3.05, 3.63) is 88.5 Å². The predicted octanol–water partition coefficient (Wildman–Crippen LogP) is 8.56. The van der Waals surface area contributed by atoms with Crippen molar-refractivity contribution in [1.82, 2.24) is 0 Å². The van der Waals surface area contributed by atoms with Gasteiger partial charge in [0.25, 0.3) is 0 Å². The number of hydrogen-bond donors (Lipinski definition) is 0. The van der Waals surface area contributed by atoms with Gasteiger partial charge in [-0.05, 0) is 30.2 Å². The minimum atomic E-state index is -4.75. The van der Waals surface area contributed by atoms with E-state index >= 15 is 0 Å². The fourth-order valence-corrected chi connectivity index (χ4v) is 4.29. The number of benzene rings is 3. The highest BCUT2D eigenvalue weighted by Gasteiger charge is 2.41. The summed E-state index contributed by atoms with van der Waals surface area (Å²) < 4.78 is 129. The Morgan fingerprint density at radius 3 is 1.97 bits per heavy atom. The molecular weight excluding hydrogens is 536 g/mol. The zero-order chi connectivity index (χ0) is 28.3. The molecule has 0 spiro atoms. The zero-order valence-electron chi connectivity index (χ0n) is 20.7. The topological polar surface area (TPSA) is 27.7 Å². The first-order chi connectivity index (χ1) is 18.5. The van der Waals surface area contributed by atoms with Gasteiger partial charge < -0.3 is 14.2 Å². The Morgan fingerprint density at radius 2 is 1.41 bits per heavy atom. The Morgan fingerprint density at radius 1 is 0.795 bits per heavy atom. The lowest BCUT2D eigenvalue weighted by Crippen LogP contribution is -2.27. The van der Waals surface area contributed by atoms with Crippen LogP contribution in [0.4, 0.5) is 35.1 Å². The summed E-state index contributed by atoms with van der Waals surface area (Å²) >= 11 is 0. The summed E-state index contributed by atoms with van der Waals surface area (Å²) in [5.41, 5.74) is -2.23. The number of unbranched alkanes of at least 4 members (excludes halogenated alkanes) is 2. The highest BCUT2D eigenvalue weighted by molar-refractivity contribution is 5.65. The van der Waals surface area contributed by atoms with E-state index in [-0.39, 0.29) is 23.6 Å². The Labute approximate surface area is 219 Å². The maximum atomic E-state index is 14.9. The summed E-state index contributed by atoms with van der Waals surface area (Å²) in [5, 5.41) is 0. The predicted molar refractivity (Wildman–Crippen MR) is 125 cm³/mol. The van der Waals surface area contributed by atoms with Crippen LogP contribution in [0, 0.1) is 40.8 Å². The maximum absolute atomic E-state index is 14.9. The van der Waals surface area contributed by atoms with Gasteiger partial charge in [0, 0.05) is 29.2 Å². The van der Waals surface area contributed by atoms with E-state index < -0.39 is 64.2 Å². The molecule has 3 nitrogen and oxygen atoms in total. The summed E-state index contributed by atoms with van der Waals surface area (Å²) in [7, 11) is 0. The third-order valence-electron chi connectivity index (χ3n) is 6.30. The van der Waals surface area contributed by atoms with Crippen molar-refractivity contribution in [2.24, 2.45) is 5.92 Å². The lowest BCUT2D eigenvalue weighted by molar-refractivity contribution is -0.206. The van der Waals surface area contributed by atoms with Gasteiger partial charge >= 0.3 is 6.11 Å². The molecular formula is C28H24F8O3. The summed E-state index contributed by atoms with van der Waals surface area (Å²) in [6, 6.07) is 4.83. The van der Waals surface area contributed by atoms with Crippen molar-refractivity contribution < 1.29 is 49.3 Å². The largest absolute Gasteiger partial charge is 0.432 e. The van der Waals surface area contributed by atoms with Gasteiger partial charge in [0.05, 0.1) is 13.2 Å². The second-order valence-corrected chi connectivity index (χ2v) is 9.23. The van der Waals surface area contributed by atoms with Gasteiger partial charge in [0.15, 0.2) is 23.7 Å². The monoisotopic (exact) mass is 560 g/mol. The van der Waals surface area contributed by atoms with E-state index in [1.807, 2.05) is 0 Å². The fourth-order valence-electron chi connectivity index (χ4n) is 4.29. The molecule has 1 fully saturated rings. The van der Waals surface area contributed by atoms with Crippen LogP contribution in [-0.4, -0.2) is 13.2 Å². The molecule has 39 heavy (non-hydrogen) atoms. The average molecular weight is 560 g/mol. The van der Waals surface area contributed by atoms with Gasteiger partial charge in [-0.1, -0.05) is 38.3 Å². The van der Waals surface area contributed by atoms with Crippen molar-refractivity contribution in [1.29, 1.82) is 0 Å². The minimum absolute atomic E-state index is 0.0970. The summed E-state index contributed by atoms with van der Waals surface area (Å²) in [5.74, 6) is -11.1. The number of hydrogen-bond acceptors (Lipinski definition) is 3. The van der Waals surface area contributed by atoms with Gasteiger partial charge in [-0.25, -0.2) is 26.3 Å². The van der Waals surface area contributed by atoms with Gasteiger partial charge in [0.2, 0.25) is 0 Å². The van der Waals surface area contributed by atoms with E-state index in [1.165, 1.54) is 12.1 Å². The molecule has 0 atom stereocenters. The molecule has 0 aliphatic carbocycles. The number of halogens is 8. The van der Waals surface area contributed by atoms with E-state index in [0.717, 1.165) is 31.7 Å². The van der Waals surface area contributed by atoms with Crippen LogP contribution in [-0.2, 0) is 15.6 Å². The molecule has 0 saturated carbocycles. The van der Waals surface area contributed by atoms with Crippen molar-refractivity contribution >= 4 is 0 Å². The zero-order valence-corrected chi connectivity index (χ0v) is 20.7. The molecule has 0 aromatic heterocycles. The molecule has 0 radical (unpaired) electrons. The second kappa shape index (κ2) is 11.9. The van der Waals surface area contributed by atoms with Crippen LogP contribution in [0.15, 0.2) is 42.5 Å². The maximum Gasteiger partial charge on any atom is 0.432 e. The van der Waals surface area contributed by atoms with Crippen LogP contribution in [0.25, 0.3) is 11.1 Å². The smallest absolute Gasteiger partial charge is 0.429 e. The van der Waals surface area contributed by atoms with Crippen LogP contribution >= 0.6 is 0 Å². The van der Waals surface area contributed by atoms with E-state index in [0.29, 0.717) is 30.9 Å². The van der Waals surface area contributed by atoms with Gasteiger partial charge in [-0.2, -0.15) is 8.78 Å². The minimum Gasteiger partial charge on any atom is -0.429 e. The molecule has 3 aromatic rings. The average Bonchev–Trinajstić information content (AvgIpc) is 2.87. The van der Waals surface area contributed by atoms with Crippen molar-refractivity contribution in [3.63, 3.8) is 0 Å². The molecule has 210 valence electrons. The van der Waals surface area contributed by atoms with Gasteiger partial charge in [0.1, 0.15) is 28.8 Å². The van der Waals surface area contributed by atoms with Crippen LogP contribution < -0.4 is 4.74 Å². The Kier molecular flexibility index (Phi) is 8.80. The highest BCUT2D eigenvalue weighted by Crippen LogP contribution is 2.38. The molecule has 4 rings (SSSR count). The van der Waals surface area contributed by atoms with Crippen LogP contribution in [0.3, 0.4) is 0 Å². The first-order valence-electron chi connectivity index (χ1n) is 12.2. The molecule has 0 amide bonds. The Hall–Kier alpha value is -3.18. The molecule has 0 unspecified atom stereocenters. The first-order valence-corrected chi connectivity index (χ1v) is 12.2. The molecule has 1 heterocycles. The van der Waals surface area contributed by atoms with Gasteiger partial charge in [-0.3, -0.25) is 0 Å². The molecule has 0 N–H and O–H groups in total. The molecule has 0 bridgehead atoms. The van der Waals surface area contributed by atoms with E-state index in [4.69, 9.17) is 9.47 Å². The fraction of sp³-hybridized carbons (Fsp3) is 0.357. The number of alkyl halides is 2. The lowest BCUT2D eigenvalue weighted by atomic mass is 9.99. The standard InChI is InChI=1S/C28H24F8O3/c1-2-3-4-5-15-13-37-27(38-14-15)16-6-7-19(20(29)8-16)17-9-21(30)25(22(31)10-17)28(35,36)39-18-11-23(32)26(34)24(33)12-18/h6-12,15,27H,2-5,13-14H2,1H3. The van der Waals surface area contributed by atoms with Crippen LogP contribution in [0.2, 0.25) is 0 Å². The van der Waals surface area contributed by atoms with E-state index in [2.05, 4.69) is 11.7 Å². The van der Waals surface area contributed by atoms with Crippen molar-refractivity contribution in [2.45, 2.75) is 45.0 Å². The molecule has 11 heteroatoms. The SMILES string of the molecule is CCCCCC1COC(c2ccc(-c3cc(F)c(C(F)(F)Oc4cc(F)c(F)c(F)c4)c(F)c3)c(F)c2)OC1. The van der Waals surface area contributed by atoms with Crippen LogP contribution in [0.1, 0.15) is 50.0 Å². The Bertz CT molecular complexity index is 1280. The number of rotatable bonds is 9. The molecule has 1 aliphatic rings. The van der Waals surface area contributed by atoms with Crippen molar-refractivity contribution in [2.75, 3.05) is 13.2 Å². The molecule has 1 saturated heterocycles. The molecule has 3 aromatic carbocycles. The molecule has 1 aliphatic heterocycles. The normalized spacial score (nSPS) is 17.9. The quantitative estimate of drug-likeness (QED) is 0.149. The third kappa shape index (κ3) is 6.52. The summed E-state index contributed by atoms with van der Waals surface area (Å²) in [6.07, 6.45) is -1.39. The summed E-state index contributed by atoms with van der Waals surface area (Å²) in [6.45, 7) is 2.97. The van der Waals surface area contributed by atoms with Crippen molar-refractivity contribution in [3.8, 4) is 16.9 Å². The lowest BCUT2D eigenvalue weighted by Gasteiger charge is -2.29. The first kappa shape index (κ1) is 28.8.